The highest BCUT2D eigenvalue weighted by Crippen LogP contribution is 2.21. The monoisotopic (exact) mass is 283 g/mol. The van der Waals surface area contributed by atoms with Crippen molar-refractivity contribution >= 4 is 5.91 Å². The minimum atomic E-state index is -0.425. The van der Waals surface area contributed by atoms with Crippen LogP contribution in [0.4, 0.5) is 4.39 Å². The standard InChI is InChI=1S/C18H18FNO/c1-12-5-4-8-16(17(12)19)18(21)20-15-10-9-13-6-2-3-7-14(13)11-15/h2-8,15H,9-11H2,1H3,(H,20,21). The molecule has 0 radical (unpaired) electrons. The van der Waals surface area contributed by atoms with Crippen LogP contribution in [0.1, 0.15) is 33.5 Å². The molecule has 1 amide bonds. The Morgan fingerprint density at radius 3 is 2.71 bits per heavy atom. The van der Waals surface area contributed by atoms with Crippen LogP contribution in [0.3, 0.4) is 0 Å². The van der Waals surface area contributed by atoms with E-state index in [-0.39, 0.29) is 17.5 Å². The van der Waals surface area contributed by atoms with Gasteiger partial charge in [0.25, 0.3) is 5.91 Å². The van der Waals surface area contributed by atoms with Crippen molar-refractivity contribution in [1.82, 2.24) is 5.32 Å². The van der Waals surface area contributed by atoms with Gasteiger partial charge in [-0.3, -0.25) is 4.79 Å². The lowest BCUT2D eigenvalue weighted by atomic mass is 9.88. The third-order valence-corrected chi connectivity index (χ3v) is 4.12. The van der Waals surface area contributed by atoms with E-state index in [0.29, 0.717) is 5.56 Å². The lowest BCUT2D eigenvalue weighted by Crippen LogP contribution is -2.39. The Hall–Kier alpha value is -2.16. The maximum atomic E-state index is 14.0. The van der Waals surface area contributed by atoms with Crippen LogP contribution in [-0.4, -0.2) is 11.9 Å². The molecule has 1 aliphatic carbocycles. The number of hydrogen-bond donors (Lipinski definition) is 1. The average Bonchev–Trinajstić information content (AvgIpc) is 2.50. The van der Waals surface area contributed by atoms with Crippen molar-refractivity contribution in [1.29, 1.82) is 0 Å². The van der Waals surface area contributed by atoms with Gasteiger partial charge in [0.2, 0.25) is 0 Å². The smallest absolute Gasteiger partial charge is 0.254 e. The summed E-state index contributed by atoms with van der Waals surface area (Å²) in [4.78, 5) is 12.2. The Labute approximate surface area is 124 Å². The van der Waals surface area contributed by atoms with E-state index in [1.54, 1.807) is 19.1 Å². The van der Waals surface area contributed by atoms with Gasteiger partial charge in [-0.2, -0.15) is 0 Å². The molecule has 0 aliphatic heterocycles. The van der Waals surface area contributed by atoms with Gasteiger partial charge in [0.15, 0.2) is 0 Å². The Kier molecular flexibility index (Phi) is 3.74. The molecule has 0 spiro atoms. The minimum absolute atomic E-state index is 0.0762. The van der Waals surface area contributed by atoms with Gasteiger partial charge in [0, 0.05) is 6.04 Å². The Morgan fingerprint density at radius 1 is 1.14 bits per heavy atom. The molecule has 0 heterocycles. The molecule has 0 fully saturated rings. The van der Waals surface area contributed by atoms with Crippen LogP contribution < -0.4 is 5.32 Å². The first-order chi connectivity index (χ1) is 10.1. The van der Waals surface area contributed by atoms with Crippen molar-refractivity contribution in [3.05, 3.63) is 70.5 Å². The third-order valence-electron chi connectivity index (χ3n) is 4.12. The van der Waals surface area contributed by atoms with Gasteiger partial charge >= 0.3 is 0 Å². The quantitative estimate of drug-likeness (QED) is 0.899. The molecule has 1 atom stereocenters. The summed E-state index contributed by atoms with van der Waals surface area (Å²) < 4.78 is 14.0. The largest absolute Gasteiger partial charge is 0.349 e. The molecule has 3 heteroatoms. The summed E-state index contributed by atoms with van der Waals surface area (Å²) in [6.07, 6.45) is 2.67. The van der Waals surface area contributed by atoms with Crippen molar-refractivity contribution in [3.63, 3.8) is 0 Å². The van der Waals surface area contributed by atoms with E-state index < -0.39 is 5.82 Å². The number of benzene rings is 2. The summed E-state index contributed by atoms with van der Waals surface area (Å²) in [5, 5.41) is 2.97. The van der Waals surface area contributed by atoms with Gasteiger partial charge < -0.3 is 5.32 Å². The van der Waals surface area contributed by atoms with Crippen LogP contribution in [-0.2, 0) is 12.8 Å². The Morgan fingerprint density at radius 2 is 1.90 bits per heavy atom. The van der Waals surface area contributed by atoms with E-state index in [1.807, 2.05) is 12.1 Å². The van der Waals surface area contributed by atoms with Crippen molar-refractivity contribution in [3.8, 4) is 0 Å². The number of carbonyl (C=O) groups excluding carboxylic acids is 1. The molecule has 108 valence electrons. The number of hydrogen-bond acceptors (Lipinski definition) is 1. The zero-order valence-corrected chi connectivity index (χ0v) is 12.0. The number of rotatable bonds is 2. The second-order valence-corrected chi connectivity index (χ2v) is 5.62. The first-order valence-corrected chi connectivity index (χ1v) is 7.28. The van der Waals surface area contributed by atoms with E-state index in [2.05, 4.69) is 17.4 Å². The third kappa shape index (κ3) is 2.82. The normalized spacial score (nSPS) is 17.1. The van der Waals surface area contributed by atoms with Gasteiger partial charge in [-0.25, -0.2) is 4.39 Å². The van der Waals surface area contributed by atoms with Crippen LogP contribution in [0.2, 0.25) is 0 Å². The number of aryl methyl sites for hydroxylation is 2. The topological polar surface area (TPSA) is 29.1 Å². The van der Waals surface area contributed by atoms with Crippen LogP contribution in [0.5, 0.6) is 0 Å². The fourth-order valence-electron chi connectivity index (χ4n) is 2.91. The molecule has 2 aromatic carbocycles. The Bertz CT molecular complexity index is 681. The van der Waals surface area contributed by atoms with Crippen LogP contribution in [0.25, 0.3) is 0 Å². The molecule has 0 bridgehead atoms. The van der Waals surface area contributed by atoms with Crippen LogP contribution >= 0.6 is 0 Å². The summed E-state index contributed by atoms with van der Waals surface area (Å²) in [5.41, 5.74) is 3.26. The maximum absolute atomic E-state index is 14.0. The zero-order valence-electron chi connectivity index (χ0n) is 12.0. The molecular weight excluding hydrogens is 265 g/mol. The molecule has 0 aromatic heterocycles. The van der Waals surface area contributed by atoms with Gasteiger partial charge in [0.1, 0.15) is 5.82 Å². The molecule has 21 heavy (non-hydrogen) atoms. The molecule has 3 rings (SSSR count). The summed E-state index contributed by atoms with van der Waals surface area (Å²) in [6, 6.07) is 13.3. The molecule has 0 saturated carbocycles. The second-order valence-electron chi connectivity index (χ2n) is 5.62. The van der Waals surface area contributed by atoms with E-state index >= 15 is 0 Å². The summed E-state index contributed by atoms with van der Waals surface area (Å²) >= 11 is 0. The molecule has 2 nitrogen and oxygen atoms in total. The number of nitrogens with one attached hydrogen (secondary N) is 1. The fraction of sp³-hybridized carbons (Fsp3) is 0.278. The highest BCUT2D eigenvalue weighted by Gasteiger charge is 2.21. The van der Waals surface area contributed by atoms with Gasteiger partial charge in [-0.05, 0) is 48.9 Å². The second kappa shape index (κ2) is 5.68. The van der Waals surface area contributed by atoms with Gasteiger partial charge in [-0.15, -0.1) is 0 Å². The predicted molar refractivity (Wildman–Crippen MR) is 80.9 cm³/mol. The van der Waals surface area contributed by atoms with Gasteiger partial charge in [0.05, 0.1) is 5.56 Å². The van der Waals surface area contributed by atoms with E-state index in [1.165, 1.54) is 17.2 Å². The predicted octanol–water partition coefficient (Wildman–Crippen LogP) is 3.42. The minimum Gasteiger partial charge on any atom is -0.349 e. The molecule has 0 saturated heterocycles. The number of halogens is 1. The summed E-state index contributed by atoms with van der Waals surface area (Å²) in [7, 11) is 0. The van der Waals surface area contributed by atoms with E-state index in [0.717, 1.165) is 19.3 Å². The number of fused-ring (bicyclic) bond motifs is 1. The van der Waals surface area contributed by atoms with Gasteiger partial charge in [-0.1, -0.05) is 36.4 Å². The highest BCUT2D eigenvalue weighted by atomic mass is 19.1. The fourth-order valence-corrected chi connectivity index (χ4v) is 2.91. The molecule has 1 unspecified atom stereocenters. The van der Waals surface area contributed by atoms with Crippen molar-refractivity contribution in [2.24, 2.45) is 0 Å². The van der Waals surface area contributed by atoms with E-state index in [9.17, 15) is 9.18 Å². The number of amides is 1. The number of carbonyl (C=O) groups is 1. The lowest BCUT2D eigenvalue weighted by Gasteiger charge is -2.25. The Balaban J connectivity index is 1.73. The van der Waals surface area contributed by atoms with Crippen molar-refractivity contribution < 1.29 is 9.18 Å². The first kappa shape index (κ1) is 13.8. The highest BCUT2D eigenvalue weighted by molar-refractivity contribution is 5.94. The molecule has 1 aliphatic rings. The average molecular weight is 283 g/mol. The lowest BCUT2D eigenvalue weighted by molar-refractivity contribution is 0.0929. The molecule has 1 N–H and O–H groups in total. The molecular formula is C18H18FNO. The summed E-state index contributed by atoms with van der Waals surface area (Å²) in [5.74, 6) is -0.744. The molecule has 2 aromatic rings. The SMILES string of the molecule is Cc1cccc(C(=O)NC2CCc3ccccc3C2)c1F. The first-order valence-electron chi connectivity index (χ1n) is 7.28. The van der Waals surface area contributed by atoms with Crippen LogP contribution in [0.15, 0.2) is 42.5 Å². The summed E-state index contributed by atoms with van der Waals surface area (Å²) in [6.45, 7) is 1.67. The van der Waals surface area contributed by atoms with E-state index in [4.69, 9.17) is 0 Å². The van der Waals surface area contributed by atoms with Crippen molar-refractivity contribution in [2.75, 3.05) is 0 Å². The van der Waals surface area contributed by atoms with Crippen LogP contribution in [0, 0.1) is 12.7 Å². The maximum Gasteiger partial charge on any atom is 0.254 e. The zero-order chi connectivity index (χ0) is 14.8. The van der Waals surface area contributed by atoms with Crippen molar-refractivity contribution in [2.45, 2.75) is 32.2 Å².